The van der Waals surface area contributed by atoms with E-state index in [1.165, 1.54) is 6.07 Å². The van der Waals surface area contributed by atoms with Gasteiger partial charge in [0.15, 0.2) is 0 Å². The number of hydrogen-bond donors (Lipinski definition) is 0. The molecule has 3 atom stereocenters. The lowest BCUT2D eigenvalue weighted by molar-refractivity contribution is -0.159. The van der Waals surface area contributed by atoms with Gasteiger partial charge in [0.2, 0.25) is 0 Å². The van der Waals surface area contributed by atoms with E-state index in [2.05, 4.69) is 4.90 Å². The van der Waals surface area contributed by atoms with Gasteiger partial charge in [-0.05, 0) is 81.6 Å². The summed E-state index contributed by atoms with van der Waals surface area (Å²) in [5.41, 5.74) is 1.03. The third kappa shape index (κ3) is 3.46. The van der Waals surface area contributed by atoms with Crippen LogP contribution in [-0.4, -0.2) is 55.9 Å². The van der Waals surface area contributed by atoms with Crippen molar-refractivity contribution in [3.63, 3.8) is 0 Å². The second kappa shape index (κ2) is 7.73. The number of carbonyl (C=O) groups is 1. The molecule has 0 radical (unpaired) electrons. The molecule has 5 nitrogen and oxygen atoms in total. The third-order valence-corrected chi connectivity index (χ3v) is 8.80. The number of fused-ring (bicyclic) bond motifs is 4. The number of likely N-dealkylation sites (tertiary alicyclic amines) is 1. The van der Waals surface area contributed by atoms with Gasteiger partial charge in [-0.25, -0.2) is 4.39 Å². The van der Waals surface area contributed by atoms with Crippen molar-refractivity contribution in [1.82, 2.24) is 4.90 Å². The fourth-order valence-corrected chi connectivity index (χ4v) is 7.09. The van der Waals surface area contributed by atoms with Gasteiger partial charge >= 0.3 is 5.97 Å². The highest BCUT2D eigenvalue weighted by molar-refractivity contribution is 5.74. The average molecular weight is 430 g/mol. The zero-order valence-corrected chi connectivity index (χ0v) is 18.1. The number of esters is 1. The van der Waals surface area contributed by atoms with Crippen LogP contribution in [0.3, 0.4) is 0 Å². The maximum Gasteiger partial charge on any atom is 0.309 e. The van der Waals surface area contributed by atoms with Crippen molar-refractivity contribution in [2.24, 2.45) is 17.8 Å². The molecule has 4 fully saturated rings. The van der Waals surface area contributed by atoms with E-state index in [0.29, 0.717) is 37.7 Å². The largest absolute Gasteiger partial charge is 0.492 e. The van der Waals surface area contributed by atoms with Crippen LogP contribution in [0.15, 0.2) is 18.2 Å². The predicted octanol–water partition coefficient (Wildman–Crippen LogP) is 3.69. The van der Waals surface area contributed by atoms with Crippen molar-refractivity contribution < 1.29 is 23.4 Å². The molecular weight excluding hydrogens is 397 g/mol. The van der Waals surface area contributed by atoms with Crippen LogP contribution in [0.1, 0.15) is 50.5 Å². The molecule has 1 aromatic carbocycles. The number of piperidine rings is 1. The van der Waals surface area contributed by atoms with Gasteiger partial charge in [-0.15, -0.1) is 0 Å². The summed E-state index contributed by atoms with van der Waals surface area (Å²) < 4.78 is 31.0. The van der Waals surface area contributed by atoms with Gasteiger partial charge in [0.05, 0.1) is 25.7 Å². The highest BCUT2D eigenvalue weighted by atomic mass is 19.1. The van der Waals surface area contributed by atoms with Crippen LogP contribution in [0.25, 0.3) is 0 Å². The molecule has 1 spiro atoms. The topological polar surface area (TPSA) is 48.0 Å². The van der Waals surface area contributed by atoms with Gasteiger partial charge in [0.25, 0.3) is 0 Å². The molecule has 2 saturated heterocycles. The van der Waals surface area contributed by atoms with Gasteiger partial charge in [0.1, 0.15) is 17.7 Å². The Balaban J connectivity index is 1.09. The number of carbonyl (C=O) groups excluding carboxylic acids is 1. The smallest absolute Gasteiger partial charge is 0.309 e. The first-order valence-corrected chi connectivity index (χ1v) is 12.1. The second-order valence-electron chi connectivity index (χ2n) is 10.4. The quantitative estimate of drug-likeness (QED) is 0.686. The van der Waals surface area contributed by atoms with Crippen LogP contribution in [0.2, 0.25) is 0 Å². The summed E-state index contributed by atoms with van der Waals surface area (Å²) in [4.78, 5) is 15.5. The Bertz CT molecular complexity index is 832. The molecule has 0 N–H and O–H groups in total. The standard InChI is InChI=1S/C25H32FNO4/c26-18-3-4-22-21(13-18)25(15-30-22)6-8-27(9-7-25)19-11-16-1-2-17(12-19)23(16)24(28)31-20-5-10-29-14-20/h3-4,13,16-17,19-20,23H,1-2,5-12,14-15H2/t16?,17?,19?,20-,23?/m1/s1. The molecule has 3 heterocycles. The van der Waals surface area contributed by atoms with Gasteiger partial charge < -0.3 is 19.1 Å². The molecule has 0 amide bonds. The zero-order chi connectivity index (χ0) is 21.0. The molecule has 5 aliphatic rings. The van der Waals surface area contributed by atoms with E-state index in [-0.39, 0.29) is 29.2 Å². The van der Waals surface area contributed by atoms with Crippen molar-refractivity contribution >= 4 is 5.97 Å². The molecule has 168 valence electrons. The minimum Gasteiger partial charge on any atom is -0.492 e. The average Bonchev–Trinajstić information content (AvgIpc) is 3.47. The second-order valence-corrected chi connectivity index (χ2v) is 10.4. The lowest BCUT2D eigenvalue weighted by Crippen LogP contribution is -2.50. The summed E-state index contributed by atoms with van der Waals surface area (Å²) in [5, 5.41) is 0. The Kier molecular flexibility index (Phi) is 4.98. The third-order valence-electron chi connectivity index (χ3n) is 8.80. The SMILES string of the molecule is O=C(O[C@@H]1CCOC1)C1C2CCC1CC(N1CCC3(CC1)COc1ccc(F)cc13)C2. The minimum atomic E-state index is -0.169. The van der Waals surface area contributed by atoms with Crippen molar-refractivity contribution in [1.29, 1.82) is 0 Å². The normalized spacial score (nSPS) is 36.4. The lowest BCUT2D eigenvalue weighted by atomic mass is 9.72. The summed E-state index contributed by atoms with van der Waals surface area (Å²) >= 11 is 0. The molecule has 31 heavy (non-hydrogen) atoms. The lowest BCUT2D eigenvalue weighted by Gasteiger charge is -2.45. The van der Waals surface area contributed by atoms with E-state index in [0.717, 1.165) is 69.3 Å². The van der Waals surface area contributed by atoms with Gasteiger partial charge in [-0.1, -0.05) is 0 Å². The summed E-state index contributed by atoms with van der Waals surface area (Å²) in [5.74, 6) is 1.72. The van der Waals surface area contributed by atoms with Gasteiger partial charge in [-0.2, -0.15) is 0 Å². The van der Waals surface area contributed by atoms with Crippen LogP contribution in [-0.2, 0) is 19.7 Å². The summed E-state index contributed by atoms with van der Waals surface area (Å²) in [6.07, 6.45) is 7.34. The van der Waals surface area contributed by atoms with Crippen molar-refractivity contribution in [2.75, 3.05) is 32.9 Å². The van der Waals surface area contributed by atoms with E-state index in [4.69, 9.17) is 14.2 Å². The van der Waals surface area contributed by atoms with Crippen molar-refractivity contribution in [3.8, 4) is 5.75 Å². The Morgan fingerprint density at radius 3 is 2.61 bits per heavy atom. The monoisotopic (exact) mass is 429 g/mol. The van der Waals surface area contributed by atoms with E-state index >= 15 is 0 Å². The number of benzene rings is 1. The zero-order valence-electron chi connectivity index (χ0n) is 18.1. The maximum atomic E-state index is 13.9. The Morgan fingerprint density at radius 2 is 1.90 bits per heavy atom. The van der Waals surface area contributed by atoms with E-state index in [1.54, 1.807) is 12.1 Å². The fourth-order valence-electron chi connectivity index (χ4n) is 7.09. The Hall–Kier alpha value is -1.66. The van der Waals surface area contributed by atoms with E-state index < -0.39 is 0 Å². The van der Waals surface area contributed by atoms with Crippen LogP contribution in [0.5, 0.6) is 5.75 Å². The number of ether oxygens (including phenoxy) is 3. The highest BCUT2D eigenvalue weighted by Gasteiger charge is 2.50. The van der Waals surface area contributed by atoms with Gasteiger partial charge in [0, 0.05) is 23.4 Å². The number of halogens is 1. The summed E-state index contributed by atoms with van der Waals surface area (Å²) in [6, 6.07) is 5.51. The van der Waals surface area contributed by atoms with Crippen molar-refractivity contribution in [2.45, 2.75) is 62.5 Å². The van der Waals surface area contributed by atoms with Crippen LogP contribution in [0.4, 0.5) is 4.39 Å². The number of nitrogens with zero attached hydrogens (tertiary/aromatic N) is 1. The first-order valence-electron chi connectivity index (χ1n) is 12.1. The molecule has 6 heteroatoms. The Labute approximate surface area is 183 Å². The molecule has 2 bridgehead atoms. The maximum absolute atomic E-state index is 13.9. The van der Waals surface area contributed by atoms with Crippen LogP contribution >= 0.6 is 0 Å². The minimum absolute atomic E-state index is 0.0285. The summed E-state index contributed by atoms with van der Waals surface area (Å²) in [7, 11) is 0. The molecule has 2 aliphatic carbocycles. The predicted molar refractivity (Wildman–Crippen MR) is 112 cm³/mol. The van der Waals surface area contributed by atoms with E-state index in [1.807, 2.05) is 0 Å². The Morgan fingerprint density at radius 1 is 1.13 bits per heavy atom. The van der Waals surface area contributed by atoms with Crippen LogP contribution in [0, 0.1) is 23.6 Å². The molecular formula is C25H32FNO4. The van der Waals surface area contributed by atoms with Crippen LogP contribution < -0.4 is 4.74 Å². The fraction of sp³-hybridized carbons (Fsp3) is 0.720. The number of hydrogen-bond acceptors (Lipinski definition) is 5. The summed E-state index contributed by atoms with van der Waals surface area (Å²) in [6.45, 7) is 3.99. The molecule has 2 unspecified atom stereocenters. The first-order chi connectivity index (χ1) is 15.1. The van der Waals surface area contributed by atoms with Crippen molar-refractivity contribution in [3.05, 3.63) is 29.6 Å². The molecule has 3 aliphatic heterocycles. The van der Waals surface area contributed by atoms with E-state index in [9.17, 15) is 9.18 Å². The molecule has 6 rings (SSSR count). The molecule has 1 aromatic rings. The number of rotatable bonds is 3. The molecule has 2 saturated carbocycles. The molecule has 0 aromatic heterocycles. The van der Waals surface area contributed by atoms with Gasteiger partial charge in [-0.3, -0.25) is 4.79 Å². The highest BCUT2D eigenvalue weighted by Crippen LogP contribution is 2.51. The first kappa shape index (κ1) is 20.0.